The number of aromatic nitrogens is 3. The molecule has 0 saturated heterocycles. The number of halogens is 4. The van der Waals surface area contributed by atoms with E-state index >= 15 is 0 Å². The third-order valence-corrected chi connectivity index (χ3v) is 5.48. The summed E-state index contributed by atoms with van der Waals surface area (Å²) in [6.45, 7) is -0.186. The minimum atomic E-state index is -2.90. The van der Waals surface area contributed by atoms with Gasteiger partial charge in [0.2, 0.25) is 0 Å². The van der Waals surface area contributed by atoms with Crippen molar-refractivity contribution in [1.29, 1.82) is 5.26 Å². The van der Waals surface area contributed by atoms with Crippen molar-refractivity contribution in [1.82, 2.24) is 14.5 Å². The van der Waals surface area contributed by atoms with Gasteiger partial charge in [0.05, 0.1) is 16.6 Å². The Morgan fingerprint density at radius 1 is 1.31 bits per heavy atom. The molecule has 1 amide bonds. The zero-order valence-corrected chi connectivity index (χ0v) is 17.6. The topological polar surface area (TPSA) is 122 Å². The van der Waals surface area contributed by atoms with E-state index in [1.54, 1.807) is 12.3 Å². The second kappa shape index (κ2) is 8.18. The zero-order valence-electron chi connectivity index (χ0n) is 16.1. The Kier molecular flexibility index (Phi) is 5.54. The molecule has 3 heterocycles. The number of anilines is 1. The van der Waals surface area contributed by atoms with Gasteiger partial charge in [-0.3, -0.25) is 4.79 Å². The van der Waals surface area contributed by atoms with Crippen LogP contribution in [-0.2, 0) is 12.1 Å². The third kappa shape index (κ3) is 3.66. The molecule has 8 nitrogen and oxygen atoms in total. The summed E-state index contributed by atoms with van der Waals surface area (Å²) >= 11 is 11.9. The first-order valence-electron chi connectivity index (χ1n) is 9.08. The lowest BCUT2D eigenvalue weighted by Gasteiger charge is -2.34. The van der Waals surface area contributed by atoms with Crippen LogP contribution in [0.4, 0.5) is 14.5 Å². The van der Waals surface area contributed by atoms with Gasteiger partial charge in [0.25, 0.3) is 12.3 Å². The van der Waals surface area contributed by atoms with Crippen LogP contribution in [0.3, 0.4) is 0 Å². The maximum absolute atomic E-state index is 14.3. The van der Waals surface area contributed by atoms with Gasteiger partial charge in [-0.05, 0) is 23.8 Å². The molecule has 4 rings (SSSR count). The number of nitrogens with zero attached hydrogens (tertiary/aromatic N) is 5. The summed E-state index contributed by atoms with van der Waals surface area (Å²) in [5.41, 5.74) is 3.86. The highest BCUT2D eigenvalue weighted by molar-refractivity contribution is 6.37. The molecule has 162 valence electrons. The highest BCUT2D eigenvalue weighted by Gasteiger charge is 2.45. The number of benzene rings is 1. The number of nitriles is 1. The van der Waals surface area contributed by atoms with Crippen LogP contribution in [0.5, 0.6) is 0 Å². The van der Waals surface area contributed by atoms with Gasteiger partial charge in [-0.2, -0.15) is 5.26 Å². The van der Waals surface area contributed by atoms with Gasteiger partial charge in [-0.15, -0.1) is 0 Å². The number of imidazole rings is 1. The number of amidine groups is 1. The van der Waals surface area contributed by atoms with Crippen molar-refractivity contribution in [2.45, 2.75) is 18.5 Å². The lowest BCUT2D eigenvalue weighted by atomic mass is 9.89. The molecule has 1 aliphatic heterocycles. The lowest BCUT2D eigenvalue weighted by Crippen LogP contribution is -2.44. The Balaban J connectivity index is 1.69. The average molecular weight is 476 g/mol. The monoisotopic (exact) mass is 475 g/mol. The zero-order chi connectivity index (χ0) is 23.0. The highest BCUT2D eigenvalue weighted by atomic mass is 35.5. The number of nitrogens with two attached hydrogens (primary N) is 1. The van der Waals surface area contributed by atoms with Gasteiger partial charge in [0, 0.05) is 18.1 Å². The maximum atomic E-state index is 14.3. The number of aliphatic imine (C=N–C) groups is 1. The van der Waals surface area contributed by atoms with Crippen LogP contribution < -0.4 is 11.1 Å². The number of nitrogens with one attached hydrogen (secondary N) is 1. The van der Waals surface area contributed by atoms with Crippen molar-refractivity contribution in [2.24, 2.45) is 10.7 Å². The highest BCUT2D eigenvalue weighted by Crippen LogP contribution is 2.38. The smallest absolute Gasteiger partial charge is 0.275 e. The third-order valence-electron chi connectivity index (χ3n) is 4.91. The second-order valence-electron chi connectivity index (χ2n) is 6.90. The summed E-state index contributed by atoms with van der Waals surface area (Å²) in [7, 11) is 0. The minimum Gasteiger partial charge on any atom is -0.381 e. The first kappa shape index (κ1) is 21.7. The van der Waals surface area contributed by atoms with Gasteiger partial charge in [-0.25, -0.2) is 23.7 Å². The van der Waals surface area contributed by atoms with Gasteiger partial charge < -0.3 is 15.6 Å². The normalized spacial score (nSPS) is 17.4. The van der Waals surface area contributed by atoms with Crippen LogP contribution in [0.15, 0.2) is 47.7 Å². The Morgan fingerprint density at radius 3 is 2.81 bits per heavy atom. The van der Waals surface area contributed by atoms with E-state index in [-0.39, 0.29) is 45.1 Å². The van der Waals surface area contributed by atoms with Crippen LogP contribution in [0.25, 0.3) is 0 Å². The molecule has 1 atom stereocenters. The molecule has 0 radical (unpaired) electrons. The molecule has 32 heavy (non-hydrogen) atoms. The molecule has 1 aliphatic rings. The number of rotatable bonds is 4. The second-order valence-corrected chi connectivity index (χ2v) is 7.71. The molecule has 0 bridgehead atoms. The van der Waals surface area contributed by atoms with Crippen molar-refractivity contribution in [2.75, 3.05) is 5.32 Å². The maximum Gasteiger partial charge on any atom is 0.275 e. The SMILES string of the molecule is N#Cc1nc(C(=O)Nc2cccc(C3(C(F)F)Cn4ccnc4C(N)=N3)c2)c(Cl)cc1Cl. The number of carbonyl (C=O) groups excluding carboxylic acids is 1. The molecule has 0 saturated carbocycles. The Hall–Kier alpha value is -3.55. The van der Waals surface area contributed by atoms with E-state index in [0.717, 1.165) is 0 Å². The quantitative estimate of drug-likeness (QED) is 0.596. The molecule has 12 heteroatoms. The van der Waals surface area contributed by atoms with Crippen molar-refractivity contribution < 1.29 is 13.6 Å². The van der Waals surface area contributed by atoms with Crippen LogP contribution in [0, 0.1) is 11.3 Å². The average Bonchev–Trinajstić information content (AvgIpc) is 3.23. The number of hydrogen-bond donors (Lipinski definition) is 2. The van der Waals surface area contributed by atoms with Crippen LogP contribution >= 0.6 is 23.2 Å². The van der Waals surface area contributed by atoms with E-state index in [1.807, 2.05) is 0 Å². The molecule has 0 spiro atoms. The Morgan fingerprint density at radius 2 is 2.09 bits per heavy atom. The fourth-order valence-electron chi connectivity index (χ4n) is 3.39. The van der Waals surface area contributed by atoms with E-state index in [9.17, 15) is 13.6 Å². The molecule has 2 aromatic heterocycles. The molecule has 0 aliphatic carbocycles. The van der Waals surface area contributed by atoms with Crippen molar-refractivity contribution in [3.8, 4) is 6.07 Å². The first-order valence-corrected chi connectivity index (χ1v) is 9.84. The number of carbonyl (C=O) groups is 1. The van der Waals surface area contributed by atoms with Crippen molar-refractivity contribution >= 4 is 40.6 Å². The molecular weight excluding hydrogens is 463 g/mol. The van der Waals surface area contributed by atoms with Gasteiger partial charge in [-0.1, -0.05) is 35.3 Å². The van der Waals surface area contributed by atoms with Gasteiger partial charge >= 0.3 is 0 Å². The summed E-state index contributed by atoms with van der Waals surface area (Å²) in [5, 5.41) is 11.6. The van der Waals surface area contributed by atoms with Crippen LogP contribution in [-0.4, -0.2) is 32.7 Å². The number of hydrogen-bond acceptors (Lipinski definition) is 6. The van der Waals surface area contributed by atoms with Crippen LogP contribution in [0.2, 0.25) is 10.0 Å². The van der Waals surface area contributed by atoms with Crippen LogP contribution in [0.1, 0.15) is 27.6 Å². The summed E-state index contributed by atoms with van der Waals surface area (Å²) < 4.78 is 30.1. The summed E-state index contributed by atoms with van der Waals surface area (Å²) in [6, 6.07) is 8.85. The predicted octanol–water partition coefficient (Wildman–Crippen LogP) is 3.59. The fourth-order valence-corrected chi connectivity index (χ4v) is 3.88. The van der Waals surface area contributed by atoms with Crippen molar-refractivity contribution in [3.63, 3.8) is 0 Å². The summed E-state index contributed by atoms with van der Waals surface area (Å²) in [4.78, 5) is 24.7. The standard InChI is InChI=1S/C20H13Cl2F2N7O/c21-12-7-13(22)15(29-14(12)8-25)18(32)28-11-3-1-2-10(6-11)20(19(23)24)9-31-5-4-27-17(31)16(26)30-20/h1-7,19H,9H2,(H2,26,30)(H,28,32). The fraction of sp³-hybridized carbons (Fsp3) is 0.150. The summed E-state index contributed by atoms with van der Waals surface area (Å²) in [5.74, 6) is -0.547. The lowest BCUT2D eigenvalue weighted by molar-refractivity contribution is 0.0407. The summed E-state index contributed by atoms with van der Waals surface area (Å²) in [6.07, 6.45) is 0.0997. The molecule has 3 N–H and O–H groups in total. The number of fused-ring (bicyclic) bond motifs is 1. The molecule has 1 aromatic carbocycles. The molecular formula is C20H13Cl2F2N7O. The Labute approximate surface area is 190 Å². The molecule has 0 fully saturated rings. The van der Waals surface area contributed by atoms with E-state index in [1.165, 1.54) is 41.1 Å². The minimum absolute atomic E-state index is 0.00143. The predicted molar refractivity (Wildman–Crippen MR) is 114 cm³/mol. The first-order chi connectivity index (χ1) is 15.2. The number of pyridine rings is 1. The van der Waals surface area contributed by atoms with Gasteiger partial charge in [0.15, 0.2) is 22.9 Å². The van der Waals surface area contributed by atoms with Gasteiger partial charge in [0.1, 0.15) is 11.8 Å². The molecule has 3 aromatic rings. The van der Waals surface area contributed by atoms with Crippen molar-refractivity contribution in [3.05, 3.63) is 75.5 Å². The Bertz CT molecular complexity index is 1300. The van der Waals surface area contributed by atoms with E-state index < -0.39 is 17.9 Å². The number of amides is 1. The molecule has 1 unspecified atom stereocenters. The van der Waals surface area contributed by atoms with E-state index in [2.05, 4.69) is 20.3 Å². The number of alkyl halides is 2. The largest absolute Gasteiger partial charge is 0.381 e. The van der Waals surface area contributed by atoms with E-state index in [0.29, 0.717) is 5.82 Å². The van der Waals surface area contributed by atoms with E-state index in [4.69, 9.17) is 34.2 Å².